The van der Waals surface area contributed by atoms with Crippen LogP contribution in [-0.4, -0.2) is 8.42 Å². The Bertz CT molecular complexity index is 763. The number of halogens is 3. The number of nitrogen functional groups attached to an aromatic ring is 1. The Hall–Kier alpha value is -1.30. The first-order valence-corrected chi connectivity index (χ1v) is 7.92. The van der Waals surface area contributed by atoms with Gasteiger partial charge in [0.2, 0.25) is 0 Å². The molecule has 106 valence electrons. The Kier molecular flexibility index (Phi) is 4.22. The Labute approximate surface area is 126 Å². The fourth-order valence-corrected chi connectivity index (χ4v) is 3.76. The van der Waals surface area contributed by atoms with E-state index >= 15 is 0 Å². The normalized spacial score (nSPS) is 11.6. The maximum atomic E-state index is 13.3. The van der Waals surface area contributed by atoms with Crippen molar-refractivity contribution in [2.24, 2.45) is 0 Å². The molecule has 0 heterocycles. The van der Waals surface area contributed by atoms with E-state index in [-0.39, 0.29) is 20.7 Å². The molecule has 20 heavy (non-hydrogen) atoms. The lowest BCUT2D eigenvalue weighted by Gasteiger charge is -2.08. The molecule has 2 aromatic carbocycles. The minimum absolute atomic E-state index is 0.0382. The fourth-order valence-electron chi connectivity index (χ4n) is 1.70. The quantitative estimate of drug-likeness (QED) is 0.871. The molecule has 3 nitrogen and oxygen atoms in total. The van der Waals surface area contributed by atoms with Gasteiger partial charge in [-0.3, -0.25) is 0 Å². The first kappa shape index (κ1) is 15.1. The molecule has 0 saturated carbocycles. The van der Waals surface area contributed by atoms with Crippen LogP contribution >= 0.6 is 23.2 Å². The van der Waals surface area contributed by atoms with E-state index in [2.05, 4.69) is 0 Å². The van der Waals surface area contributed by atoms with Gasteiger partial charge in [-0.05, 0) is 35.9 Å². The van der Waals surface area contributed by atoms with Crippen molar-refractivity contribution in [1.29, 1.82) is 0 Å². The average molecular weight is 334 g/mol. The van der Waals surface area contributed by atoms with Gasteiger partial charge in [0.05, 0.1) is 20.7 Å². The van der Waals surface area contributed by atoms with Crippen molar-refractivity contribution in [3.05, 3.63) is 57.8 Å². The molecule has 0 bridgehead atoms. The van der Waals surface area contributed by atoms with Crippen molar-refractivity contribution in [3.63, 3.8) is 0 Å². The van der Waals surface area contributed by atoms with Crippen molar-refractivity contribution < 1.29 is 12.8 Å². The minimum Gasteiger partial charge on any atom is -0.399 e. The lowest BCUT2D eigenvalue weighted by Crippen LogP contribution is -2.06. The van der Waals surface area contributed by atoms with E-state index in [4.69, 9.17) is 28.9 Å². The predicted molar refractivity (Wildman–Crippen MR) is 78.2 cm³/mol. The van der Waals surface area contributed by atoms with Gasteiger partial charge in [-0.1, -0.05) is 29.3 Å². The van der Waals surface area contributed by atoms with Gasteiger partial charge in [0.25, 0.3) is 0 Å². The van der Waals surface area contributed by atoms with Gasteiger partial charge in [0, 0.05) is 5.69 Å². The molecule has 2 rings (SSSR count). The van der Waals surface area contributed by atoms with E-state index < -0.39 is 15.7 Å². The van der Waals surface area contributed by atoms with Crippen molar-refractivity contribution >= 4 is 38.7 Å². The lowest BCUT2D eigenvalue weighted by atomic mass is 10.2. The molecule has 0 fully saturated rings. The maximum Gasteiger partial charge on any atom is 0.183 e. The molecule has 0 saturated heterocycles. The second-order valence-electron chi connectivity index (χ2n) is 4.20. The summed E-state index contributed by atoms with van der Waals surface area (Å²) in [5.74, 6) is -1.03. The number of nitrogens with two attached hydrogens (primary N) is 1. The van der Waals surface area contributed by atoms with Crippen LogP contribution in [0.2, 0.25) is 10.0 Å². The topological polar surface area (TPSA) is 60.2 Å². The summed E-state index contributed by atoms with van der Waals surface area (Å²) in [6.07, 6.45) is 0. The molecule has 0 aromatic heterocycles. The highest BCUT2D eigenvalue weighted by Crippen LogP contribution is 2.27. The smallest absolute Gasteiger partial charge is 0.183 e. The second-order valence-corrected chi connectivity index (χ2v) is 6.97. The number of hydrogen-bond acceptors (Lipinski definition) is 3. The molecule has 0 radical (unpaired) electrons. The van der Waals surface area contributed by atoms with Gasteiger partial charge in [-0.15, -0.1) is 0 Å². The number of sulfone groups is 1. The Morgan fingerprint density at radius 1 is 1.05 bits per heavy atom. The molecular weight excluding hydrogens is 324 g/mol. The van der Waals surface area contributed by atoms with Gasteiger partial charge < -0.3 is 5.73 Å². The van der Waals surface area contributed by atoms with Gasteiger partial charge in [-0.2, -0.15) is 0 Å². The van der Waals surface area contributed by atoms with Crippen LogP contribution in [0.25, 0.3) is 0 Å². The summed E-state index contributed by atoms with van der Waals surface area (Å²) in [6, 6.07) is 7.99. The number of rotatable bonds is 3. The molecule has 0 aliphatic heterocycles. The molecule has 0 aliphatic rings. The monoisotopic (exact) mass is 333 g/mol. The SMILES string of the molecule is Nc1ccc(S(=O)(=O)Cc2ccc(Cl)c(F)c2)c(Cl)c1. The van der Waals surface area contributed by atoms with Crippen LogP contribution in [0.1, 0.15) is 5.56 Å². The Balaban J connectivity index is 2.38. The maximum absolute atomic E-state index is 13.3. The number of anilines is 1. The van der Waals surface area contributed by atoms with Crippen molar-refractivity contribution in [3.8, 4) is 0 Å². The summed E-state index contributed by atoms with van der Waals surface area (Å²) in [7, 11) is -3.69. The van der Waals surface area contributed by atoms with Crippen molar-refractivity contribution in [1.82, 2.24) is 0 Å². The van der Waals surface area contributed by atoms with Crippen LogP contribution in [-0.2, 0) is 15.6 Å². The van der Waals surface area contributed by atoms with Crippen LogP contribution in [0, 0.1) is 5.82 Å². The molecule has 0 aliphatic carbocycles. The molecule has 2 N–H and O–H groups in total. The van der Waals surface area contributed by atoms with E-state index in [0.29, 0.717) is 11.3 Å². The van der Waals surface area contributed by atoms with Gasteiger partial charge in [0.15, 0.2) is 9.84 Å². The predicted octanol–water partition coefficient (Wildman–Crippen LogP) is 3.69. The third-order valence-electron chi connectivity index (χ3n) is 2.63. The van der Waals surface area contributed by atoms with Crippen LogP contribution < -0.4 is 5.73 Å². The van der Waals surface area contributed by atoms with Gasteiger partial charge in [0.1, 0.15) is 5.82 Å². The third kappa shape index (κ3) is 3.23. The molecule has 0 amide bonds. The van der Waals surface area contributed by atoms with E-state index in [1.165, 1.54) is 30.3 Å². The molecule has 7 heteroatoms. The lowest BCUT2D eigenvalue weighted by molar-refractivity contribution is 0.594. The summed E-state index contributed by atoms with van der Waals surface area (Å²) in [5.41, 5.74) is 6.17. The summed E-state index contributed by atoms with van der Waals surface area (Å²) in [5, 5.41) is -0.0175. The zero-order valence-electron chi connectivity index (χ0n) is 10.1. The van der Waals surface area contributed by atoms with Gasteiger partial charge >= 0.3 is 0 Å². The first-order valence-electron chi connectivity index (χ1n) is 5.51. The fraction of sp³-hybridized carbons (Fsp3) is 0.0769. The second kappa shape index (κ2) is 5.60. The molecular formula is C13H10Cl2FNO2S. The Morgan fingerprint density at radius 2 is 1.75 bits per heavy atom. The molecule has 0 atom stereocenters. The van der Waals surface area contributed by atoms with E-state index in [1.54, 1.807) is 0 Å². The van der Waals surface area contributed by atoms with E-state index in [1.807, 2.05) is 0 Å². The van der Waals surface area contributed by atoms with E-state index in [0.717, 1.165) is 6.07 Å². The standard InChI is InChI=1S/C13H10Cl2FNO2S/c14-10-3-1-8(5-12(10)16)7-20(18,19)13-4-2-9(17)6-11(13)15/h1-6H,7,17H2. The van der Waals surface area contributed by atoms with Crippen LogP contribution in [0.15, 0.2) is 41.3 Å². The van der Waals surface area contributed by atoms with Crippen LogP contribution in [0.3, 0.4) is 0 Å². The van der Waals surface area contributed by atoms with E-state index in [9.17, 15) is 12.8 Å². The zero-order valence-corrected chi connectivity index (χ0v) is 12.4. The number of hydrogen-bond donors (Lipinski definition) is 1. The first-order chi connectivity index (χ1) is 9.29. The van der Waals surface area contributed by atoms with Crippen molar-refractivity contribution in [2.45, 2.75) is 10.6 Å². The summed E-state index contributed by atoms with van der Waals surface area (Å²) >= 11 is 11.4. The van der Waals surface area contributed by atoms with Gasteiger partial charge in [-0.25, -0.2) is 12.8 Å². The van der Waals surface area contributed by atoms with Crippen LogP contribution in [0.4, 0.5) is 10.1 Å². The highest BCUT2D eigenvalue weighted by Gasteiger charge is 2.19. The number of benzene rings is 2. The van der Waals surface area contributed by atoms with Crippen molar-refractivity contribution in [2.75, 3.05) is 5.73 Å². The minimum atomic E-state index is -3.69. The highest BCUT2D eigenvalue weighted by atomic mass is 35.5. The zero-order chi connectivity index (χ0) is 14.9. The summed E-state index contributed by atoms with van der Waals surface area (Å²) in [4.78, 5) is -0.0382. The largest absolute Gasteiger partial charge is 0.399 e. The molecule has 2 aromatic rings. The summed E-state index contributed by atoms with van der Waals surface area (Å²) in [6.45, 7) is 0. The molecule has 0 unspecified atom stereocenters. The average Bonchev–Trinajstić information content (AvgIpc) is 2.33. The molecule has 0 spiro atoms. The summed E-state index contributed by atoms with van der Waals surface area (Å²) < 4.78 is 37.8. The Morgan fingerprint density at radius 3 is 2.35 bits per heavy atom. The van der Waals surface area contributed by atoms with Crippen LogP contribution in [0.5, 0.6) is 0 Å². The highest BCUT2D eigenvalue weighted by molar-refractivity contribution is 7.90. The third-order valence-corrected chi connectivity index (χ3v) is 5.10.